The van der Waals surface area contributed by atoms with E-state index in [4.69, 9.17) is 23.2 Å². The van der Waals surface area contributed by atoms with Crippen molar-refractivity contribution >= 4 is 73.3 Å². The summed E-state index contributed by atoms with van der Waals surface area (Å²) in [4.78, 5) is 20.1. The number of hydrogen-bond acceptors (Lipinski definition) is 6. The average Bonchev–Trinajstić information content (AvgIpc) is 2.38. The summed E-state index contributed by atoms with van der Waals surface area (Å²) in [5.74, 6) is 0. The van der Waals surface area contributed by atoms with Crippen molar-refractivity contribution in [2.75, 3.05) is 0 Å². The summed E-state index contributed by atoms with van der Waals surface area (Å²) in [6, 6.07) is 9.17. The molecular formula is C12H26Cl2N2Na2O13S3. The van der Waals surface area contributed by atoms with E-state index in [2.05, 4.69) is 25.3 Å². The Labute approximate surface area is 265 Å². The summed E-state index contributed by atoms with van der Waals surface area (Å²) in [7, 11) is 0. The summed E-state index contributed by atoms with van der Waals surface area (Å²) >= 11 is 18.8. The van der Waals surface area contributed by atoms with Gasteiger partial charge in [0.15, 0.2) is 0 Å². The molecule has 0 unspecified atom stereocenters. The molecule has 0 bridgehead atoms. The largest absolute Gasteiger partial charge is 2.00 e. The predicted molar refractivity (Wildman–Crippen MR) is 131 cm³/mol. The van der Waals surface area contributed by atoms with Crippen LogP contribution in [0.2, 0.25) is 10.0 Å². The van der Waals surface area contributed by atoms with Gasteiger partial charge >= 0.3 is 70.5 Å². The van der Waals surface area contributed by atoms with Gasteiger partial charge in [0.25, 0.3) is 0 Å². The molecule has 0 atom stereocenters. The Kier molecular flexibility index (Phi) is 85.6. The van der Waals surface area contributed by atoms with Crippen molar-refractivity contribution in [2.45, 2.75) is 9.79 Å². The van der Waals surface area contributed by atoms with E-state index in [0.29, 0.717) is 0 Å². The first-order valence-corrected chi connectivity index (χ1v) is 7.14. The van der Waals surface area contributed by atoms with Crippen molar-refractivity contribution in [3.05, 3.63) is 66.7 Å². The zero-order valence-electron chi connectivity index (χ0n) is 17.6. The van der Waals surface area contributed by atoms with Gasteiger partial charge in [-0.2, -0.15) is 0 Å². The number of hydrogen-bond donors (Lipinski definition) is 2. The Bertz CT molecular complexity index is 656. The minimum atomic E-state index is -0.551. The molecule has 2 aromatic carbocycles. The molecule has 0 saturated carbocycles. The predicted octanol–water partition coefficient (Wildman–Crippen LogP) is -8.34. The van der Waals surface area contributed by atoms with Gasteiger partial charge in [-0.1, -0.05) is 35.3 Å². The Morgan fingerprint density at radius 2 is 0.794 bits per heavy atom. The van der Waals surface area contributed by atoms with Crippen molar-refractivity contribution in [2.24, 2.45) is 0 Å². The van der Waals surface area contributed by atoms with E-state index < -0.39 is 9.85 Å². The third-order valence-corrected chi connectivity index (χ3v) is 3.63. The van der Waals surface area contributed by atoms with Crippen LogP contribution >= 0.6 is 48.5 Å². The van der Waals surface area contributed by atoms with Crippen molar-refractivity contribution in [1.82, 2.24) is 0 Å². The van der Waals surface area contributed by atoms with Crippen LogP contribution in [0.15, 0.2) is 46.2 Å². The molecule has 0 aliphatic rings. The first kappa shape index (κ1) is 76.5. The molecule has 0 amide bonds. The molecule has 0 fully saturated rings. The topological polar surface area (TPSA) is 370 Å². The standard InChI is InChI=1S/2C6H4ClNO2S.2Na.9H2O.S/c2*7-4-2-1-3-5(11)6(4)8(9)10;;;;;;;;;;;;/h2*1-3,11H;;;9*1H2;/q;;2*+1;;;;;;;;;;-2. The quantitative estimate of drug-likeness (QED) is 0.143. The van der Waals surface area contributed by atoms with Gasteiger partial charge in [-0.05, 0) is 24.3 Å². The zero-order valence-corrected chi connectivity index (χ0v) is 25.7. The van der Waals surface area contributed by atoms with E-state index in [0.717, 1.165) is 0 Å². The number of benzene rings is 2. The van der Waals surface area contributed by atoms with Crippen LogP contribution in [0.25, 0.3) is 0 Å². The van der Waals surface area contributed by atoms with Crippen molar-refractivity contribution in [3.63, 3.8) is 0 Å². The summed E-state index contributed by atoms with van der Waals surface area (Å²) in [5.41, 5.74) is -0.282. The Morgan fingerprint density at radius 1 is 0.588 bits per heavy atom. The molecule has 18 N–H and O–H groups in total. The number of nitro benzene ring substituents is 2. The van der Waals surface area contributed by atoms with Crippen LogP contribution in [-0.2, 0) is 13.5 Å². The van der Waals surface area contributed by atoms with E-state index in [1.165, 1.54) is 24.3 Å². The van der Waals surface area contributed by atoms with E-state index >= 15 is 0 Å². The molecule has 0 spiro atoms. The minimum absolute atomic E-state index is 0. The fraction of sp³-hybridized carbons (Fsp3) is 0. The van der Waals surface area contributed by atoms with E-state index in [9.17, 15) is 20.2 Å². The third-order valence-electron chi connectivity index (χ3n) is 2.30. The first-order chi connectivity index (χ1) is 10.3. The van der Waals surface area contributed by atoms with Gasteiger partial charge in [0, 0.05) is 0 Å². The first-order valence-electron chi connectivity index (χ1n) is 5.49. The molecule has 15 nitrogen and oxygen atoms in total. The van der Waals surface area contributed by atoms with Gasteiger partial charge in [-0.15, -0.1) is 25.3 Å². The summed E-state index contributed by atoms with van der Waals surface area (Å²) in [6.45, 7) is 0. The summed E-state index contributed by atoms with van der Waals surface area (Å²) < 4.78 is 0. The maximum atomic E-state index is 10.3. The van der Waals surface area contributed by atoms with Gasteiger partial charge in [0.1, 0.15) is 10.0 Å². The fourth-order valence-corrected chi connectivity index (χ4v) is 2.56. The van der Waals surface area contributed by atoms with Gasteiger partial charge in [-0.3, -0.25) is 20.2 Å². The molecule has 196 valence electrons. The Balaban J connectivity index is -0.0000000210. The second kappa shape index (κ2) is 38.0. The van der Waals surface area contributed by atoms with Crippen LogP contribution in [0.3, 0.4) is 0 Å². The normalized spacial score (nSPS) is 6.24. The second-order valence-corrected chi connectivity index (χ2v) is 5.51. The SMILES string of the molecule is O.O.O.O.O.O.O.O.O.O=[N+]([O-])c1c(S)cccc1Cl.O=[N+]([O-])c1c(S)cccc1Cl.[Na+].[Na+].[S-2]. The maximum Gasteiger partial charge on any atom is 1.00 e. The van der Waals surface area contributed by atoms with Crippen molar-refractivity contribution < 1.29 is 118 Å². The Hall–Kier alpha value is 0.510. The van der Waals surface area contributed by atoms with Gasteiger partial charge in [0.05, 0.1) is 19.6 Å². The van der Waals surface area contributed by atoms with Gasteiger partial charge in [0.2, 0.25) is 0 Å². The van der Waals surface area contributed by atoms with Crippen LogP contribution in [0.5, 0.6) is 0 Å². The number of rotatable bonds is 2. The molecule has 0 aliphatic carbocycles. The monoisotopic (exact) mass is 618 g/mol. The minimum Gasteiger partial charge on any atom is -2.00 e. The van der Waals surface area contributed by atoms with Crippen molar-refractivity contribution in [3.8, 4) is 0 Å². The van der Waals surface area contributed by atoms with Crippen LogP contribution in [0, 0.1) is 20.2 Å². The number of thiol groups is 2. The molecule has 0 saturated heterocycles. The molecule has 0 aromatic heterocycles. The zero-order chi connectivity index (χ0) is 16.9. The van der Waals surface area contributed by atoms with Crippen LogP contribution < -0.4 is 59.1 Å². The summed E-state index contributed by atoms with van der Waals surface area (Å²) in [6.07, 6.45) is 0. The maximum absolute atomic E-state index is 10.3. The summed E-state index contributed by atoms with van der Waals surface area (Å²) in [5, 5.41) is 20.9. The fourth-order valence-electron chi connectivity index (χ4n) is 1.37. The van der Waals surface area contributed by atoms with Crippen LogP contribution in [0.4, 0.5) is 11.4 Å². The number of nitro groups is 2. The van der Waals surface area contributed by atoms with Crippen molar-refractivity contribution in [1.29, 1.82) is 0 Å². The van der Waals surface area contributed by atoms with Gasteiger partial charge in [-0.25, -0.2) is 0 Å². The molecular weight excluding hydrogens is 593 g/mol. The molecule has 0 aliphatic heterocycles. The number of halogens is 2. The van der Waals surface area contributed by atoms with E-state index in [1.807, 2.05) is 0 Å². The smallest absolute Gasteiger partial charge is 1.00 e. The Morgan fingerprint density at radius 3 is 0.912 bits per heavy atom. The molecule has 22 heteroatoms. The third kappa shape index (κ3) is 24.2. The molecule has 2 aromatic rings. The van der Waals surface area contributed by atoms with E-state index in [-0.39, 0.29) is 153 Å². The van der Waals surface area contributed by atoms with Crippen LogP contribution in [-0.4, -0.2) is 59.1 Å². The molecule has 0 heterocycles. The number of nitrogens with zero attached hydrogens (tertiary/aromatic N) is 2. The second-order valence-electron chi connectivity index (χ2n) is 3.73. The van der Waals surface area contributed by atoms with Gasteiger partial charge < -0.3 is 62.8 Å². The molecule has 2 rings (SSSR count). The van der Waals surface area contributed by atoms with E-state index in [1.54, 1.807) is 12.1 Å². The van der Waals surface area contributed by atoms with Crippen LogP contribution in [0.1, 0.15) is 0 Å². The number of para-hydroxylation sites is 2. The average molecular weight is 619 g/mol. The molecule has 0 radical (unpaired) electrons. The molecule has 34 heavy (non-hydrogen) atoms.